The second kappa shape index (κ2) is 34.3. The molecule has 0 saturated carbocycles. The maximum absolute atomic E-state index is 5.03. The number of fused-ring (bicyclic) bond motifs is 5. The molecule has 0 radical (unpaired) electrons. The molecular formula is C120H94BN3Si3. The minimum atomic E-state index is -3.35. The zero-order chi connectivity index (χ0) is 85.3. The molecular weight excluding hydrogens is 1580 g/mol. The van der Waals surface area contributed by atoms with Gasteiger partial charge in [0.1, 0.15) is 0 Å². The molecule has 0 saturated heterocycles. The van der Waals surface area contributed by atoms with E-state index in [1.54, 1.807) is 0 Å². The first-order valence-corrected chi connectivity index (χ1v) is 50.5. The molecule has 21 rings (SSSR count). The standard InChI is InChI=1S/C120H94BN3Si3/c1-4-122(95-78-76-91(77-79-95)90-46-17-5-18-47-90)117-82-94(119-111(92-48-19-6-20-49-92)85-97(86-112(119)93-50-21-7-22-51-93)124-114-74-43-41-72-109(114)110-73-42-44-75-115(110)124)83-118-120(117)121(88(2)89(3)125(98-53-23-8-24-54-98,99-55-25-9-26-56-99)100-57-27-10-28-58-100)113-81-80-108(127(104-65-35-14-36-66-104,105-67-37-15-38-68-105)106-69-39-16-40-70-106)87-116(113)123(118)96-52-45-71-107(84-96)126(101-59-29-11-30-60-101,102-61-31-12-32-62-102)103-63-33-13-34-64-103/h4-89H,1H2,2-3H3/t88?,89-/m1/s1. The van der Waals surface area contributed by atoms with Crippen LogP contribution in [0.25, 0.3) is 72.0 Å². The van der Waals surface area contributed by atoms with E-state index in [0.29, 0.717) is 0 Å². The van der Waals surface area contributed by atoms with Gasteiger partial charge in [-0.3, -0.25) is 0 Å². The molecule has 0 spiro atoms. The Balaban J connectivity index is 0.954. The van der Waals surface area contributed by atoms with Gasteiger partial charge in [-0.1, -0.05) is 468 Å². The summed E-state index contributed by atoms with van der Waals surface area (Å²) in [6, 6.07) is 192. The molecule has 1 aliphatic rings. The lowest BCUT2D eigenvalue weighted by molar-refractivity contribution is 0.839. The maximum atomic E-state index is 5.03. The highest BCUT2D eigenvalue weighted by molar-refractivity contribution is 7.21. The summed E-state index contributed by atoms with van der Waals surface area (Å²) in [6.45, 7) is 9.97. The molecule has 20 aromatic rings. The summed E-state index contributed by atoms with van der Waals surface area (Å²) in [7, 11) is -9.83. The van der Waals surface area contributed by atoms with Gasteiger partial charge in [-0.25, -0.2) is 0 Å². The summed E-state index contributed by atoms with van der Waals surface area (Å²) >= 11 is 0. The molecule has 604 valence electrons. The summed E-state index contributed by atoms with van der Waals surface area (Å²) in [5.74, 6) is -0.0974. The van der Waals surface area contributed by atoms with Crippen molar-refractivity contribution in [2.24, 2.45) is 0 Å². The average molecular weight is 1670 g/mol. The van der Waals surface area contributed by atoms with Crippen molar-refractivity contribution in [2.75, 3.05) is 9.80 Å². The Kier molecular flexibility index (Phi) is 21.4. The van der Waals surface area contributed by atoms with Crippen LogP contribution in [0.2, 0.25) is 11.4 Å². The number of hydrogen-bond acceptors (Lipinski definition) is 2. The number of para-hydroxylation sites is 2. The smallest absolute Gasteiger partial charge is 0.220 e. The van der Waals surface area contributed by atoms with E-state index in [2.05, 4.69) is 538 Å². The van der Waals surface area contributed by atoms with Crippen LogP contribution < -0.4 is 77.8 Å². The molecule has 0 amide bonds. The van der Waals surface area contributed by atoms with Crippen LogP contribution in [-0.4, -0.2) is 35.5 Å². The molecule has 1 unspecified atom stereocenters. The van der Waals surface area contributed by atoms with Crippen LogP contribution in [0.1, 0.15) is 13.8 Å². The molecule has 0 bridgehead atoms. The quantitative estimate of drug-likeness (QED) is 0.0467. The van der Waals surface area contributed by atoms with Crippen molar-refractivity contribution in [1.82, 2.24) is 4.57 Å². The molecule has 0 fully saturated rings. The van der Waals surface area contributed by atoms with Crippen LogP contribution in [-0.2, 0) is 0 Å². The van der Waals surface area contributed by atoms with Crippen LogP contribution in [0, 0.1) is 0 Å². The fourth-order valence-corrected chi connectivity index (χ4v) is 36.9. The average Bonchev–Trinajstić information content (AvgIpc) is 1.08. The van der Waals surface area contributed by atoms with E-state index in [0.717, 1.165) is 89.7 Å². The summed E-state index contributed by atoms with van der Waals surface area (Å²) in [6.07, 6.45) is 2.10. The van der Waals surface area contributed by atoms with Gasteiger partial charge in [0.2, 0.25) is 6.71 Å². The largest absolute Gasteiger partial charge is 0.318 e. The molecule has 2 heterocycles. The lowest BCUT2D eigenvalue weighted by atomic mass is 9.31. The van der Waals surface area contributed by atoms with Crippen molar-refractivity contribution in [3.8, 4) is 50.2 Å². The molecule has 0 aliphatic carbocycles. The van der Waals surface area contributed by atoms with Crippen LogP contribution >= 0.6 is 0 Å². The number of hydrogen-bond donors (Lipinski definition) is 0. The first kappa shape index (κ1) is 79.2. The van der Waals surface area contributed by atoms with Gasteiger partial charge in [-0.05, 0) is 179 Å². The second-order valence-corrected chi connectivity index (χ2v) is 45.7. The summed E-state index contributed by atoms with van der Waals surface area (Å²) in [4.78, 5) is 5.20. The highest BCUT2D eigenvalue weighted by atomic mass is 28.3. The molecule has 0 N–H and O–H groups in total. The number of aromatic nitrogens is 1. The van der Waals surface area contributed by atoms with E-state index < -0.39 is 24.2 Å². The summed E-state index contributed by atoms with van der Waals surface area (Å²) < 4.78 is 2.50. The zero-order valence-electron chi connectivity index (χ0n) is 71.3. The van der Waals surface area contributed by atoms with Crippen LogP contribution in [0.5, 0.6) is 0 Å². The van der Waals surface area contributed by atoms with Crippen molar-refractivity contribution < 1.29 is 0 Å². The Hall–Kier alpha value is -15.0. The number of nitrogens with zero attached hydrogens (tertiary/aromatic N) is 3. The Bertz CT molecular complexity index is 6880. The van der Waals surface area contributed by atoms with Crippen molar-refractivity contribution in [3.05, 3.63) is 516 Å². The van der Waals surface area contributed by atoms with Gasteiger partial charge in [0.05, 0.1) is 11.0 Å². The lowest BCUT2D eigenvalue weighted by Crippen LogP contribution is -2.75. The number of rotatable bonds is 23. The first-order chi connectivity index (χ1) is 62.8. The van der Waals surface area contributed by atoms with Crippen LogP contribution in [0.4, 0.5) is 28.4 Å². The fraction of sp³-hybridized carbons (Fsp3) is 0.0333. The van der Waals surface area contributed by atoms with Crippen LogP contribution in [0.3, 0.4) is 0 Å². The van der Waals surface area contributed by atoms with E-state index in [-0.39, 0.29) is 18.1 Å². The highest BCUT2D eigenvalue weighted by Crippen LogP contribution is 2.51. The van der Waals surface area contributed by atoms with E-state index >= 15 is 0 Å². The predicted octanol–water partition coefficient (Wildman–Crippen LogP) is 21.8. The normalized spacial score (nSPS) is 12.6. The first-order valence-electron chi connectivity index (χ1n) is 44.4. The topological polar surface area (TPSA) is 11.4 Å². The third-order valence-corrected chi connectivity index (χ3v) is 42.5. The third-order valence-electron chi connectivity index (χ3n) is 27.3. The van der Waals surface area contributed by atoms with Gasteiger partial charge in [0.25, 0.3) is 0 Å². The minimum absolute atomic E-state index is 0.0123. The molecule has 3 nitrogen and oxygen atoms in total. The summed E-state index contributed by atoms with van der Waals surface area (Å²) in [5.41, 5.74) is 20.0. The molecule has 127 heavy (non-hydrogen) atoms. The van der Waals surface area contributed by atoms with E-state index in [1.807, 2.05) is 0 Å². The molecule has 19 aromatic carbocycles. The lowest BCUT2D eigenvalue weighted by Gasteiger charge is -2.47. The zero-order valence-corrected chi connectivity index (χ0v) is 74.3. The monoisotopic (exact) mass is 1670 g/mol. The second-order valence-electron chi connectivity index (χ2n) is 33.8. The van der Waals surface area contributed by atoms with Crippen molar-refractivity contribution in [3.63, 3.8) is 0 Å². The minimum Gasteiger partial charge on any atom is -0.318 e. The highest BCUT2D eigenvalue weighted by Gasteiger charge is 2.53. The van der Waals surface area contributed by atoms with Crippen LogP contribution in [0.15, 0.2) is 516 Å². The fourth-order valence-electron chi connectivity index (χ4n) is 21.6. The van der Waals surface area contributed by atoms with E-state index in [1.165, 1.54) is 78.8 Å². The Labute approximate surface area is 749 Å². The van der Waals surface area contributed by atoms with Gasteiger partial charge < -0.3 is 14.4 Å². The molecule has 2 atom stereocenters. The van der Waals surface area contributed by atoms with Crippen molar-refractivity contribution >= 4 is 149 Å². The Morgan fingerprint density at radius 1 is 0.283 bits per heavy atom. The van der Waals surface area contributed by atoms with Crippen molar-refractivity contribution in [1.29, 1.82) is 0 Å². The number of benzene rings is 19. The Morgan fingerprint density at radius 2 is 0.630 bits per heavy atom. The predicted molar refractivity (Wildman–Crippen MR) is 551 cm³/mol. The molecule has 1 aliphatic heterocycles. The van der Waals surface area contributed by atoms with Gasteiger partial charge in [0, 0.05) is 51.1 Å². The van der Waals surface area contributed by atoms with Gasteiger partial charge in [-0.15, -0.1) is 0 Å². The summed E-state index contributed by atoms with van der Waals surface area (Å²) in [5, 5.41) is 16.9. The maximum Gasteiger partial charge on any atom is 0.220 e. The molecule has 7 heteroatoms. The molecule has 1 aromatic heterocycles. The van der Waals surface area contributed by atoms with E-state index in [4.69, 9.17) is 6.58 Å². The van der Waals surface area contributed by atoms with Crippen molar-refractivity contribution in [2.45, 2.75) is 25.2 Å². The van der Waals surface area contributed by atoms with Gasteiger partial charge in [0.15, 0.2) is 24.2 Å². The SMILES string of the molecule is C=CN(c1ccc(-c2ccccc2)cc1)c1cc(-c2c(-c3ccccc3)cc(-n3c4ccccc4c4ccccc43)cc2-c2ccccc2)cc2c1B(C(C)[C@@H](C)[Si](c1ccccc1)(c1ccccc1)c1ccccc1)c1ccc([Si](c3ccccc3)(c3ccccc3)c3ccccc3)cc1N2c1cccc([Si](c2ccccc2)(c2ccccc2)c2ccccc2)c1. The van der Waals surface area contributed by atoms with E-state index in [9.17, 15) is 0 Å². The van der Waals surface area contributed by atoms with Gasteiger partial charge >= 0.3 is 0 Å². The number of anilines is 5. The Morgan fingerprint density at radius 3 is 1.03 bits per heavy atom. The third kappa shape index (κ3) is 13.7. The van der Waals surface area contributed by atoms with Gasteiger partial charge in [-0.2, -0.15) is 0 Å².